The quantitative estimate of drug-likeness (QED) is 0.367. The van der Waals surface area contributed by atoms with Gasteiger partial charge in [-0.2, -0.15) is 0 Å². The lowest BCUT2D eigenvalue weighted by Crippen LogP contribution is -2.44. The van der Waals surface area contributed by atoms with Crippen molar-refractivity contribution in [1.29, 1.82) is 0 Å². The van der Waals surface area contributed by atoms with Crippen molar-refractivity contribution >= 4 is 6.16 Å². The van der Waals surface area contributed by atoms with E-state index in [9.17, 15) is 4.79 Å². The van der Waals surface area contributed by atoms with Gasteiger partial charge in [0.1, 0.15) is 0 Å². The van der Waals surface area contributed by atoms with Gasteiger partial charge in [-0.05, 0) is 19.8 Å². The third kappa shape index (κ3) is 6.41. The molecule has 0 fully saturated rings. The molecular formula is C13H23NO5. The maximum atomic E-state index is 11.4. The highest BCUT2D eigenvalue weighted by atomic mass is 16.8. The van der Waals surface area contributed by atoms with Crippen LogP contribution in [0.4, 0.5) is 4.79 Å². The molecule has 110 valence electrons. The van der Waals surface area contributed by atoms with Gasteiger partial charge in [0.2, 0.25) is 0 Å². The highest BCUT2D eigenvalue weighted by Crippen LogP contribution is 2.23. The highest BCUT2D eigenvalue weighted by molar-refractivity contribution is 5.60. The Hall–Kier alpha value is -1.32. The van der Waals surface area contributed by atoms with Gasteiger partial charge in [-0.25, -0.2) is 11.4 Å². The molecule has 0 radical (unpaired) electrons. The number of carbonyl (C=O) groups excluding carboxylic acids is 1. The van der Waals surface area contributed by atoms with E-state index >= 15 is 0 Å². The fourth-order valence-corrected chi connectivity index (χ4v) is 1.25. The van der Waals surface area contributed by atoms with Gasteiger partial charge < -0.3 is 18.9 Å². The van der Waals surface area contributed by atoms with E-state index in [1.54, 1.807) is 6.92 Å². The van der Waals surface area contributed by atoms with Crippen LogP contribution in [-0.2, 0) is 18.9 Å². The summed E-state index contributed by atoms with van der Waals surface area (Å²) in [6.07, 6.45) is -0.264. The molecule has 0 bridgehead atoms. The van der Waals surface area contributed by atoms with Crippen LogP contribution in [0.5, 0.6) is 0 Å². The molecule has 1 atom stereocenters. The summed E-state index contributed by atoms with van der Waals surface area (Å²) in [5.41, 5.74) is -1.55. The van der Waals surface area contributed by atoms with E-state index in [-0.39, 0.29) is 6.61 Å². The molecule has 6 nitrogen and oxygen atoms in total. The Balaban J connectivity index is 4.76. The number of ether oxygens (including phenoxy) is 4. The maximum absolute atomic E-state index is 11.4. The van der Waals surface area contributed by atoms with Gasteiger partial charge in [-0.3, -0.25) is 4.85 Å². The van der Waals surface area contributed by atoms with E-state index in [2.05, 4.69) is 9.58 Å². The second-order valence-corrected chi connectivity index (χ2v) is 4.03. The first-order chi connectivity index (χ1) is 9.03. The lowest BCUT2D eigenvalue weighted by atomic mass is 10.2. The van der Waals surface area contributed by atoms with Crippen LogP contribution >= 0.6 is 0 Å². The summed E-state index contributed by atoms with van der Waals surface area (Å²) < 4.78 is 20.6. The van der Waals surface area contributed by atoms with E-state index in [0.717, 1.165) is 12.8 Å². The predicted octanol–water partition coefficient (Wildman–Crippen LogP) is 2.97. The summed E-state index contributed by atoms with van der Waals surface area (Å²) in [7, 11) is 0. The summed E-state index contributed by atoms with van der Waals surface area (Å²) in [6, 6.07) is 0. The Bertz CT molecular complexity index is 294. The molecule has 0 N–H and O–H groups in total. The van der Waals surface area contributed by atoms with Crippen LogP contribution in [0.2, 0.25) is 0 Å². The van der Waals surface area contributed by atoms with Crippen molar-refractivity contribution < 1.29 is 23.7 Å². The minimum atomic E-state index is -1.55. The largest absolute Gasteiger partial charge is 0.514 e. The summed E-state index contributed by atoms with van der Waals surface area (Å²) >= 11 is 0. The smallest absolute Gasteiger partial charge is 0.434 e. The third-order valence-electron chi connectivity index (χ3n) is 2.16. The Morgan fingerprint density at radius 1 is 1.21 bits per heavy atom. The molecule has 0 amide bonds. The van der Waals surface area contributed by atoms with E-state index in [1.165, 1.54) is 6.92 Å². The van der Waals surface area contributed by atoms with Gasteiger partial charge in [0.25, 0.3) is 6.29 Å². The van der Waals surface area contributed by atoms with Crippen molar-refractivity contribution in [2.24, 2.45) is 0 Å². The summed E-state index contributed by atoms with van der Waals surface area (Å²) in [5, 5.41) is 0. The van der Waals surface area contributed by atoms with Crippen molar-refractivity contribution in [3.63, 3.8) is 0 Å². The maximum Gasteiger partial charge on any atom is 0.514 e. The molecule has 0 aliphatic carbocycles. The molecule has 6 heteroatoms. The van der Waals surface area contributed by atoms with Gasteiger partial charge in [-0.15, -0.1) is 0 Å². The van der Waals surface area contributed by atoms with Crippen molar-refractivity contribution in [3.8, 4) is 0 Å². The summed E-state index contributed by atoms with van der Waals surface area (Å²) in [6.45, 7) is 15.2. The fourth-order valence-electron chi connectivity index (χ4n) is 1.25. The molecule has 0 aliphatic rings. The minimum Gasteiger partial charge on any atom is -0.434 e. The highest BCUT2D eigenvalue weighted by Gasteiger charge is 2.47. The number of rotatable bonds is 9. The van der Waals surface area contributed by atoms with Crippen LogP contribution < -0.4 is 0 Å². The van der Waals surface area contributed by atoms with Gasteiger partial charge in [0.15, 0.2) is 0 Å². The Kier molecular flexibility index (Phi) is 8.92. The zero-order valence-electron chi connectivity index (χ0n) is 12.1. The zero-order valence-corrected chi connectivity index (χ0v) is 12.1. The average Bonchev–Trinajstić information content (AvgIpc) is 2.38. The predicted molar refractivity (Wildman–Crippen MR) is 69.4 cm³/mol. The first-order valence-electron chi connectivity index (χ1n) is 6.51. The second-order valence-electron chi connectivity index (χ2n) is 4.03. The van der Waals surface area contributed by atoms with Crippen molar-refractivity contribution in [3.05, 3.63) is 11.4 Å². The lowest BCUT2D eigenvalue weighted by Gasteiger charge is -2.26. The topological polar surface area (TPSA) is 58.4 Å². The van der Waals surface area contributed by atoms with Crippen LogP contribution in [0.3, 0.4) is 0 Å². The van der Waals surface area contributed by atoms with Crippen LogP contribution in [0.1, 0.15) is 40.5 Å². The lowest BCUT2D eigenvalue weighted by molar-refractivity contribution is -0.221. The van der Waals surface area contributed by atoms with Gasteiger partial charge in [-0.1, -0.05) is 13.8 Å². The van der Waals surface area contributed by atoms with E-state index < -0.39 is 18.2 Å². The Morgan fingerprint density at radius 2 is 1.74 bits per heavy atom. The zero-order chi connectivity index (χ0) is 14.7. The van der Waals surface area contributed by atoms with Crippen molar-refractivity contribution in [2.75, 3.05) is 19.8 Å². The average molecular weight is 273 g/mol. The molecule has 0 saturated heterocycles. The molecule has 0 aliphatic heterocycles. The molecule has 0 spiro atoms. The normalized spacial score (nSPS) is 13.7. The molecule has 0 rings (SSSR count). The van der Waals surface area contributed by atoms with Gasteiger partial charge in [0, 0.05) is 13.2 Å². The first kappa shape index (κ1) is 17.7. The fraction of sp³-hybridized carbons (Fsp3) is 0.846. The van der Waals surface area contributed by atoms with Gasteiger partial charge >= 0.3 is 11.9 Å². The standard InChI is InChI=1S/C13H23NO5/c1-6-9-17-11(18-10-7-2)13(4,14-5)19-12(15)16-8-3/h11H,6-10H2,1-4H3. The number of carbonyl (C=O) groups is 1. The summed E-state index contributed by atoms with van der Waals surface area (Å²) in [5.74, 6) is 0. The molecule has 0 heterocycles. The monoisotopic (exact) mass is 273 g/mol. The molecular weight excluding hydrogens is 250 g/mol. The SMILES string of the molecule is [C-]#[N+]C(C)(OC(=O)OCC)C(OCCC)OCCC. The molecule has 0 saturated carbocycles. The number of hydrogen-bond donors (Lipinski definition) is 0. The Labute approximate surface area is 114 Å². The minimum absolute atomic E-state index is 0.184. The first-order valence-corrected chi connectivity index (χ1v) is 6.51. The number of nitrogens with zero attached hydrogens (tertiary/aromatic N) is 1. The second kappa shape index (κ2) is 9.59. The van der Waals surface area contributed by atoms with Crippen molar-refractivity contribution in [2.45, 2.75) is 52.6 Å². The van der Waals surface area contributed by atoms with Crippen LogP contribution in [-0.4, -0.2) is 38.0 Å². The molecule has 0 aromatic carbocycles. The van der Waals surface area contributed by atoms with Crippen LogP contribution in [0.25, 0.3) is 4.85 Å². The summed E-state index contributed by atoms with van der Waals surface area (Å²) in [4.78, 5) is 14.7. The van der Waals surface area contributed by atoms with E-state index in [1.807, 2.05) is 13.8 Å². The molecule has 1 unspecified atom stereocenters. The van der Waals surface area contributed by atoms with Gasteiger partial charge in [0.05, 0.1) is 13.5 Å². The molecule has 0 aromatic rings. The van der Waals surface area contributed by atoms with Crippen molar-refractivity contribution in [1.82, 2.24) is 0 Å². The van der Waals surface area contributed by atoms with E-state index in [0.29, 0.717) is 13.2 Å². The third-order valence-corrected chi connectivity index (χ3v) is 2.16. The van der Waals surface area contributed by atoms with Crippen LogP contribution in [0, 0.1) is 6.57 Å². The van der Waals surface area contributed by atoms with E-state index in [4.69, 9.17) is 20.8 Å². The Morgan fingerprint density at radius 3 is 2.11 bits per heavy atom. The molecule has 19 heavy (non-hydrogen) atoms. The van der Waals surface area contributed by atoms with Crippen LogP contribution in [0.15, 0.2) is 0 Å². The molecule has 0 aromatic heterocycles. The number of hydrogen-bond acceptors (Lipinski definition) is 5.